The zero-order valence-electron chi connectivity index (χ0n) is 14.2. The third kappa shape index (κ3) is 5.55. The maximum absolute atomic E-state index is 11.9. The number of hydrogen-bond donors (Lipinski definition) is 2. The Labute approximate surface area is 157 Å². The van der Waals surface area contributed by atoms with Crippen molar-refractivity contribution in [1.82, 2.24) is 9.37 Å². The van der Waals surface area contributed by atoms with Crippen LogP contribution in [0.3, 0.4) is 0 Å². The van der Waals surface area contributed by atoms with E-state index in [9.17, 15) is 22.8 Å². The first kappa shape index (κ1) is 22.0. The maximum Gasteiger partial charge on any atom is 1.00 e. The minimum atomic E-state index is -4.85. The van der Waals surface area contributed by atoms with Gasteiger partial charge in [0.1, 0.15) is 6.04 Å². The van der Waals surface area contributed by atoms with Gasteiger partial charge < -0.3 is 7.16 Å². The minimum absolute atomic E-state index is 0. The third-order valence-electron chi connectivity index (χ3n) is 2.53. The van der Waals surface area contributed by atoms with Gasteiger partial charge in [-0.25, -0.2) is 9.37 Å². The van der Waals surface area contributed by atoms with Gasteiger partial charge in [0.15, 0.2) is 6.04 Å². The van der Waals surface area contributed by atoms with Gasteiger partial charge in [-0.05, 0) is 20.8 Å². The van der Waals surface area contributed by atoms with Gasteiger partial charge in [-0.2, -0.15) is 8.42 Å². The van der Waals surface area contributed by atoms with E-state index in [1.165, 1.54) is 0 Å². The van der Waals surface area contributed by atoms with Crippen molar-refractivity contribution in [3.8, 4) is 0 Å². The van der Waals surface area contributed by atoms with Crippen LogP contribution in [0.25, 0.3) is 0 Å². The predicted octanol–water partition coefficient (Wildman–Crippen LogP) is -4.28. The van der Waals surface area contributed by atoms with E-state index in [2.05, 4.69) is 0 Å². The van der Waals surface area contributed by atoms with E-state index < -0.39 is 39.8 Å². The number of hydrogen-bond acceptors (Lipinski definition) is 6. The Morgan fingerprint density at radius 1 is 1.48 bits per heavy atom. The second-order valence-corrected chi connectivity index (χ2v) is 6.77. The molecule has 23 heavy (non-hydrogen) atoms. The molecular weight excluding hydrogens is 341 g/mol. The molecule has 3 N–H and O–H groups in total. The number of β-lactam (4-membered cyclic amide) rings is 1. The van der Waals surface area contributed by atoms with Gasteiger partial charge in [-0.15, -0.1) is 0 Å². The van der Waals surface area contributed by atoms with Crippen LogP contribution in [0.1, 0.15) is 22.2 Å². The van der Waals surface area contributed by atoms with Crippen LogP contribution in [0.2, 0.25) is 0 Å². The smallest absolute Gasteiger partial charge is 1.00 e. The summed E-state index contributed by atoms with van der Waals surface area (Å²) in [4.78, 5) is 39.0. The number of nitrogens with zero attached hydrogens (tertiary/aromatic N) is 2. The summed E-state index contributed by atoms with van der Waals surface area (Å²) in [5, 5.41) is 0.639. The molecule has 10 nitrogen and oxygen atoms in total. The van der Waals surface area contributed by atoms with Crippen LogP contribution >= 0.6 is 0 Å². The van der Waals surface area contributed by atoms with E-state index in [0.29, 0.717) is 5.06 Å². The molecule has 0 aromatic rings. The second kappa shape index (κ2) is 7.73. The van der Waals surface area contributed by atoms with E-state index in [0.717, 1.165) is 12.2 Å². The fourth-order valence-electron chi connectivity index (χ4n) is 1.83. The molecule has 126 valence electrons. The Kier molecular flexibility index (Phi) is 7.40. The molecule has 1 saturated heterocycles. The van der Waals surface area contributed by atoms with Crippen LogP contribution in [0.4, 0.5) is 0 Å². The Morgan fingerprint density at radius 2 is 2.00 bits per heavy atom. The first-order valence-electron chi connectivity index (χ1n) is 6.09. The molecule has 1 aliphatic rings. The molecule has 1 rings (SSSR count). The predicted molar refractivity (Wildman–Crippen MR) is 74.2 cm³/mol. The maximum atomic E-state index is 11.9. The van der Waals surface area contributed by atoms with Gasteiger partial charge in [0.05, 0.1) is 5.60 Å². The summed E-state index contributed by atoms with van der Waals surface area (Å²) in [6.45, 7) is 4.84. The van der Waals surface area contributed by atoms with Gasteiger partial charge in [-0.1, -0.05) is 6.08 Å². The average Bonchev–Trinajstić information content (AvgIpc) is 2.29. The molecule has 2 atom stereocenters. The summed E-state index contributed by atoms with van der Waals surface area (Å²) in [7, 11) is -4.85. The number of nitrogens with two attached hydrogens (primary N) is 1. The van der Waals surface area contributed by atoms with E-state index in [4.69, 9.17) is 15.1 Å². The third-order valence-corrected chi connectivity index (χ3v) is 3.45. The van der Waals surface area contributed by atoms with E-state index in [-0.39, 0.29) is 41.7 Å². The fraction of sp³-hybridized carbons (Fsp3) is 0.545. The summed E-state index contributed by atoms with van der Waals surface area (Å²) in [5.74, 6) is -1.96. The molecule has 12 heteroatoms. The largest absolute Gasteiger partial charge is 1.00 e. The van der Waals surface area contributed by atoms with Gasteiger partial charge in [0.2, 0.25) is 12.3 Å². The van der Waals surface area contributed by atoms with E-state index in [1.807, 2.05) is 0 Å². The number of amides is 3. The molecule has 0 aromatic carbocycles. The fourth-order valence-corrected chi connectivity index (χ4v) is 2.66. The molecule has 1 fully saturated rings. The quantitative estimate of drug-likeness (QED) is 0.122. The summed E-state index contributed by atoms with van der Waals surface area (Å²) >= 11 is 0. The summed E-state index contributed by atoms with van der Waals surface area (Å²) in [6.07, 6.45) is 2.02. The molecule has 0 aromatic heterocycles. The van der Waals surface area contributed by atoms with Gasteiger partial charge in [-0.3, -0.25) is 23.8 Å². The van der Waals surface area contributed by atoms with Crippen molar-refractivity contribution in [3.05, 3.63) is 12.2 Å². The zero-order valence-corrected chi connectivity index (χ0v) is 16.0. The molecule has 0 aliphatic carbocycles. The van der Waals surface area contributed by atoms with Crippen LogP contribution in [0.15, 0.2) is 12.2 Å². The molecule has 0 unspecified atom stereocenters. The molecule has 0 radical (unpaired) electrons. The summed E-state index contributed by atoms with van der Waals surface area (Å²) in [5.41, 5.74) is 4.07. The van der Waals surface area contributed by atoms with Gasteiger partial charge >= 0.3 is 39.9 Å². The zero-order chi connectivity index (χ0) is 17.3. The molecule has 3 amide bonds. The Hall–Kier alpha value is -0.980. The number of primary amides is 1. The normalized spacial score (nSPS) is 21.6. The Balaban J connectivity index is 0. The van der Waals surface area contributed by atoms with Crippen LogP contribution < -0.4 is 35.3 Å². The Bertz CT molecular complexity index is 620. The minimum Gasteiger partial charge on any atom is -1.00 e. The number of rotatable bonds is 6. The van der Waals surface area contributed by atoms with Crippen molar-refractivity contribution < 1.29 is 63.2 Å². The van der Waals surface area contributed by atoms with Crippen LogP contribution in [0.5, 0.6) is 0 Å². The van der Waals surface area contributed by atoms with E-state index >= 15 is 0 Å². The summed E-state index contributed by atoms with van der Waals surface area (Å²) in [6, 6.07) is -2.64. The number of hydroxylamine groups is 2. The Morgan fingerprint density at radius 3 is 2.35 bits per heavy atom. The summed E-state index contributed by atoms with van der Waals surface area (Å²) < 4.78 is 31.5. The first-order chi connectivity index (χ1) is 9.88. The monoisotopic (exact) mass is 359 g/mol. The number of carbonyl (C=O) groups excluding carboxylic acids is 3. The van der Waals surface area contributed by atoms with Gasteiger partial charge in [0, 0.05) is 6.08 Å². The first-order valence-corrected chi connectivity index (χ1v) is 7.49. The standard InChI is InChI=1S/C11H17N3O7S.Na.H/c1-11(2,3)21-13(6-15)9-7(4-5-8(12)16)14(10(9)17)22(18,19)20;;/h4-7,9H,1-3H3,(H2,12,16)(H,18,19,20);;/q;+1;-1/t7-,9-;;/m1../s1. The van der Waals surface area contributed by atoms with E-state index in [1.54, 1.807) is 20.8 Å². The van der Waals surface area contributed by atoms with Crippen molar-refractivity contribution in [3.63, 3.8) is 0 Å². The van der Waals surface area contributed by atoms with Crippen LogP contribution in [-0.2, 0) is 29.5 Å². The van der Waals surface area contributed by atoms with Crippen molar-refractivity contribution >= 4 is 28.5 Å². The van der Waals surface area contributed by atoms with Crippen molar-refractivity contribution in [2.24, 2.45) is 5.73 Å². The molecule has 1 heterocycles. The SMILES string of the molecule is CC(C)(C)ON(C=O)[C@H]1C(=O)N(S(=O)(=O)O)[C@@H]1C=CC(N)=O.[H-].[Na+]. The molecule has 1 aliphatic heterocycles. The van der Waals surface area contributed by atoms with Crippen molar-refractivity contribution in [1.29, 1.82) is 0 Å². The second-order valence-electron chi connectivity index (χ2n) is 5.48. The molecule has 0 spiro atoms. The topological polar surface area (TPSA) is 147 Å². The average molecular weight is 359 g/mol. The van der Waals surface area contributed by atoms with Crippen LogP contribution in [0, 0.1) is 0 Å². The molecule has 0 bridgehead atoms. The molecule has 0 saturated carbocycles. The van der Waals surface area contributed by atoms with Crippen LogP contribution in [-0.4, -0.2) is 58.2 Å². The number of carbonyl (C=O) groups is 3. The van der Waals surface area contributed by atoms with Crippen molar-refractivity contribution in [2.45, 2.75) is 38.5 Å². The van der Waals surface area contributed by atoms with Crippen molar-refractivity contribution in [2.75, 3.05) is 0 Å². The molecular formula is C11H18N3NaO7S. The van der Waals surface area contributed by atoms with Gasteiger partial charge in [0.25, 0.3) is 5.91 Å².